The summed E-state index contributed by atoms with van der Waals surface area (Å²) in [5, 5.41) is 7.52. The average Bonchev–Trinajstić information content (AvgIpc) is 2.99. The molecule has 6 nitrogen and oxygen atoms in total. The van der Waals surface area contributed by atoms with Gasteiger partial charge in [-0.05, 0) is 19.1 Å². The lowest BCUT2D eigenvalue weighted by molar-refractivity contribution is 0.0643. The Kier molecular flexibility index (Phi) is 5.90. The Morgan fingerprint density at radius 2 is 2.17 bits per heavy atom. The Bertz CT molecular complexity index is 720. The molecule has 0 radical (unpaired) electrons. The Balaban J connectivity index is 0.00000208. The quantitative estimate of drug-likeness (QED) is 0.914. The molecule has 0 unspecified atom stereocenters. The summed E-state index contributed by atoms with van der Waals surface area (Å²) in [6, 6.07) is 6.44. The number of amides is 1. The monoisotopic (exact) mass is 353 g/mol. The van der Waals surface area contributed by atoms with Gasteiger partial charge in [-0.25, -0.2) is 14.1 Å². The first-order valence-corrected chi connectivity index (χ1v) is 7.84. The van der Waals surface area contributed by atoms with Crippen molar-refractivity contribution in [2.75, 3.05) is 19.6 Å². The number of piperazine rings is 1. The van der Waals surface area contributed by atoms with Crippen LogP contribution in [0.25, 0.3) is 5.69 Å². The summed E-state index contributed by atoms with van der Waals surface area (Å²) in [7, 11) is 0. The van der Waals surface area contributed by atoms with Gasteiger partial charge < -0.3 is 10.2 Å². The fourth-order valence-electron chi connectivity index (χ4n) is 2.75. The van der Waals surface area contributed by atoms with E-state index in [2.05, 4.69) is 15.4 Å². The minimum atomic E-state index is -0.387. The van der Waals surface area contributed by atoms with Gasteiger partial charge in [0.1, 0.15) is 17.3 Å². The van der Waals surface area contributed by atoms with Crippen molar-refractivity contribution in [3.8, 4) is 5.69 Å². The topological polar surface area (TPSA) is 63.1 Å². The molecule has 1 aromatic heterocycles. The SMILES string of the molecule is CCc1nc(C(=O)N2CCNC[C@@H]2C)nn1-c1ccccc1F.Cl. The van der Waals surface area contributed by atoms with Gasteiger partial charge in [-0.15, -0.1) is 17.5 Å². The second-order valence-corrected chi connectivity index (χ2v) is 5.62. The van der Waals surface area contributed by atoms with Gasteiger partial charge in [0, 0.05) is 32.1 Å². The van der Waals surface area contributed by atoms with E-state index >= 15 is 0 Å². The Hall–Kier alpha value is -1.99. The van der Waals surface area contributed by atoms with Gasteiger partial charge in [0.05, 0.1) is 0 Å². The highest BCUT2D eigenvalue weighted by Gasteiger charge is 2.28. The predicted octanol–water partition coefficient (Wildman–Crippen LogP) is 1.82. The van der Waals surface area contributed by atoms with Crippen LogP contribution in [0.15, 0.2) is 24.3 Å². The molecule has 1 atom stereocenters. The van der Waals surface area contributed by atoms with Gasteiger partial charge in [-0.3, -0.25) is 4.79 Å². The molecule has 1 amide bonds. The molecule has 0 saturated carbocycles. The van der Waals surface area contributed by atoms with Gasteiger partial charge in [-0.2, -0.15) is 0 Å². The zero-order chi connectivity index (χ0) is 16.4. The minimum Gasteiger partial charge on any atom is -0.331 e. The van der Waals surface area contributed by atoms with E-state index in [9.17, 15) is 9.18 Å². The maximum atomic E-state index is 14.0. The maximum Gasteiger partial charge on any atom is 0.293 e. The van der Waals surface area contributed by atoms with E-state index in [1.54, 1.807) is 23.1 Å². The van der Waals surface area contributed by atoms with Crippen molar-refractivity contribution in [1.29, 1.82) is 0 Å². The number of carbonyl (C=O) groups excluding carboxylic acids is 1. The zero-order valence-electron chi connectivity index (χ0n) is 13.7. The largest absolute Gasteiger partial charge is 0.331 e. The second kappa shape index (κ2) is 7.72. The van der Waals surface area contributed by atoms with E-state index in [0.717, 1.165) is 13.1 Å². The molecule has 1 saturated heterocycles. The van der Waals surface area contributed by atoms with Crippen LogP contribution in [0, 0.1) is 5.82 Å². The summed E-state index contributed by atoms with van der Waals surface area (Å²) >= 11 is 0. The first kappa shape index (κ1) is 18.4. The molecular weight excluding hydrogens is 333 g/mol. The van der Waals surface area contributed by atoms with Crippen molar-refractivity contribution in [3.05, 3.63) is 41.7 Å². The van der Waals surface area contributed by atoms with E-state index in [0.29, 0.717) is 24.5 Å². The lowest BCUT2D eigenvalue weighted by Crippen LogP contribution is -2.52. The average molecular weight is 354 g/mol. The molecule has 1 fully saturated rings. The summed E-state index contributed by atoms with van der Waals surface area (Å²) in [6.07, 6.45) is 0.561. The Morgan fingerprint density at radius 3 is 2.83 bits per heavy atom. The second-order valence-electron chi connectivity index (χ2n) is 5.62. The molecule has 8 heteroatoms. The van der Waals surface area contributed by atoms with Crippen LogP contribution >= 0.6 is 12.4 Å². The van der Waals surface area contributed by atoms with E-state index < -0.39 is 0 Å². The van der Waals surface area contributed by atoms with Crippen molar-refractivity contribution in [2.24, 2.45) is 0 Å². The van der Waals surface area contributed by atoms with E-state index in [4.69, 9.17) is 0 Å². The summed E-state index contributed by atoms with van der Waals surface area (Å²) in [5.74, 6) is 0.102. The van der Waals surface area contributed by atoms with Gasteiger partial charge in [0.25, 0.3) is 5.91 Å². The molecule has 1 aromatic carbocycles. The summed E-state index contributed by atoms with van der Waals surface area (Å²) < 4.78 is 15.5. The molecule has 1 N–H and O–H groups in total. The standard InChI is InChI=1S/C16H20FN5O.ClH/c1-3-14-19-15(16(23)21-9-8-18-10-11(21)2)20-22(14)13-7-5-4-6-12(13)17;/h4-7,11,18H,3,8-10H2,1-2H3;1H/t11-;/m0./s1. The molecule has 1 aliphatic heterocycles. The highest BCUT2D eigenvalue weighted by atomic mass is 35.5. The van der Waals surface area contributed by atoms with Gasteiger partial charge in [-0.1, -0.05) is 19.1 Å². The number of halogens is 2. The Labute approximate surface area is 146 Å². The van der Waals surface area contributed by atoms with Crippen LogP contribution in [0.2, 0.25) is 0 Å². The fraction of sp³-hybridized carbons (Fsp3) is 0.438. The molecule has 0 bridgehead atoms. The molecule has 24 heavy (non-hydrogen) atoms. The van der Waals surface area contributed by atoms with Crippen molar-refractivity contribution in [1.82, 2.24) is 25.0 Å². The maximum absolute atomic E-state index is 14.0. The number of aryl methyl sites for hydroxylation is 1. The number of nitrogens with one attached hydrogen (secondary N) is 1. The third kappa shape index (κ3) is 3.42. The van der Waals surface area contributed by atoms with Crippen molar-refractivity contribution in [2.45, 2.75) is 26.3 Å². The third-order valence-corrected chi connectivity index (χ3v) is 4.02. The number of hydrogen-bond acceptors (Lipinski definition) is 4. The predicted molar refractivity (Wildman–Crippen MR) is 91.3 cm³/mol. The smallest absolute Gasteiger partial charge is 0.293 e. The number of benzene rings is 1. The fourth-order valence-corrected chi connectivity index (χ4v) is 2.75. The first-order chi connectivity index (χ1) is 11.1. The first-order valence-electron chi connectivity index (χ1n) is 7.84. The highest BCUT2D eigenvalue weighted by Crippen LogP contribution is 2.16. The van der Waals surface area contributed by atoms with Gasteiger partial charge >= 0.3 is 0 Å². The molecule has 130 valence electrons. The number of para-hydroxylation sites is 1. The van der Waals surface area contributed by atoms with E-state index in [-0.39, 0.29) is 36.0 Å². The molecule has 2 aromatic rings. The van der Waals surface area contributed by atoms with Crippen LogP contribution in [0.4, 0.5) is 4.39 Å². The molecule has 0 aliphatic carbocycles. The van der Waals surface area contributed by atoms with Crippen molar-refractivity contribution >= 4 is 18.3 Å². The van der Waals surface area contributed by atoms with Crippen LogP contribution in [0.5, 0.6) is 0 Å². The molecule has 0 spiro atoms. The summed E-state index contributed by atoms with van der Waals surface area (Å²) in [4.78, 5) is 18.8. The molecule has 1 aliphatic rings. The van der Waals surface area contributed by atoms with Crippen molar-refractivity contribution < 1.29 is 9.18 Å². The normalized spacial score (nSPS) is 17.5. The number of aromatic nitrogens is 3. The lowest BCUT2D eigenvalue weighted by atomic mass is 10.2. The van der Waals surface area contributed by atoms with Crippen LogP contribution in [0.3, 0.4) is 0 Å². The minimum absolute atomic E-state index is 0. The van der Waals surface area contributed by atoms with Crippen LogP contribution in [-0.4, -0.2) is 51.2 Å². The third-order valence-electron chi connectivity index (χ3n) is 4.02. The molecule has 2 heterocycles. The van der Waals surface area contributed by atoms with Gasteiger partial charge in [0.2, 0.25) is 5.82 Å². The number of carbonyl (C=O) groups is 1. The van der Waals surface area contributed by atoms with Gasteiger partial charge in [0.15, 0.2) is 0 Å². The van der Waals surface area contributed by atoms with E-state index in [1.807, 2.05) is 13.8 Å². The number of hydrogen-bond donors (Lipinski definition) is 1. The number of rotatable bonds is 3. The lowest BCUT2D eigenvalue weighted by Gasteiger charge is -2.33. The van der Waals surface area contributed by atoms with Crippen molar-refractivity contribution in [3.63, 3.8) is 0 Å². The molecular formula is C16H21ClFN5O. The molecule has 3 rings (SSSR count). The van der Waals surface area contributed by atoms with Crippen LogP contribution in [0.1, 0.15) is 30.3 Å². The van der Waals surface area contributed by atoms with E-state index in [1.165, 1.54) is 10.7 Å². The summed E-state index contributed by atoms with van der Waals surface area (Å²) in [5.41, 5.74) is 0.309. The highest BCUT2D eigenvalue weighted by molar-refractivity contribution is 5.90. The Morgan fingerprint density at radius 1 is 1.42 bits per heavy atom. The summed E-state index contributed by atoms with van der Waals surface area (Å²) in [6.45, 7) is 6.02. The number of nitrogens with zero attached hydrogens (tertiary/aromatic N) is 4. The van der Waals surface area contributed by atoms with Crippen LogP contribution in [-0.2, 0) is 6.42 Å². The van der Waals surface area contributed by atoms with Crippen LogP contribution < -0.4 is 5.32 Å². The zero-order valence-corrected chi connectivity index (χ0v) is 14.5.